The number of thiazole rings is 1. The molecule has 172 valence electrons. The fourth-order valence-corrected chi connectivity index (χ4v) is 4.64. The topological polar surface area (TPSA) is 107 Å². The molecule has 1 atom stereocenters. The summed E-state index contributed by atoms with van der Waals surface area (Å²) in [5.74, 6) is -0.163. The average Bonchev–Trinajstić information content (AvgIpc) is 3.12. The van der Waals surface area contributed by atoms with Gasteiger partial charge in [0.1, 0.15) is 11.5 Å². The first kappa shape index (κ1) is 23.8. The molecular weight excluding hydrogens is 471 g/mol. The first-order valence-electron chi connectivity index (χ1n) is 9.04. The van der Waals surface area contributed by atoms with E-state index in [0.717, 1.165) is 11.3 Å². The first-order valence-corrected chi connectivity index (χ1v) is 11.3. The van der Waals surface area contributed by atoms with Gasteiger partial charge in [-0.2, -0.15) is 17.9 Å². The van der Waals surface area contributed by atoms with Crippen molar-refractivity contribution in [1.82, 2.24) is 9.71 Å². The molecule has 32 heavy (non-hydrogen) atoms. The number of anilines is 1. The Labute approximate surface area is 185 Å². The lowest BCUT2D eigenvalue weighted by Gasteiger charge is -2.13. The van der Waals surface area contributed by atoms with Crippen LogP contribution in [-0.2, 0) is 14.8 Å². The number of halogens is 3. The van der Waals surface area contributed by atoms with E-state index >= 15 is 0 Å². The van der Waals surface area contributed by atoms with E-state index in [2.05, 4.69) is 15.0 Å². The lowest BCUT2D eigenvalue weighted by atomic mass is 10.3. The summed E-state index contributed by atoms with van der Waals surface area (Å²) in [7, 11) is -2.51. The summed E-state index contributed by atoms with van der Waals surface area (Å²) < 4.78 is 74.3. The molecule has 1 aromatic heterocycles. The second-order valence-corrected chi connectivity index (χ2v) is 9.30. The minimum Gasteiger partial charge on any atom is -0.497 e. The molecule has 0 saturated carbocycles. The standard InChI is InChI=1S/C19H18F3N3O5S2/c1-11(25-32(27,28)14-6-3-12(29-2)4-7-14)17(26)24-18-23-15-8-5-13(9-16(15)31-18)30-10-19(20,21)22/h3-9,11,25H,10H2,1-2H3,(H,23,24,26)/t11-/m0/s1. The van der Waals surface area contributed by atoms with Crippen molar-refractivity contribution in [3.8, 4) is 11.5 Å². The number of nitrogens with one attached hydrogen (secondary N) is 2. The predicted octanol–water partition coefficient (Wildman–Crippen LogP) is 3.55. The average molecular weight is 489 g/mol. The molecule has 0 aliphatic heterocycles. The van der Waals surface area contributed by atoms with E-state index in [9.17, 15) is 26.4 Å². The summed E-state index contributed by atoms with van der Waals surface area (Å²) in [5.41, 5.74) is 0.441. The van der Waals surface area contributed by atoms with Gasteiger partial charge in [-0.1, -0.05) is 11.3 Å². The van der Waals surface area contributed by atoms with Gasteiger partial charge < -0.3 is 14.8 Å². The van der Waals surface area contributed by atoms with Crippen LogP contribution < -0.4 is 19.5 Å². The molecule has 1 heterocycles. The molecule has 2 aromatic carbocycles. The largest absolute Gasteiger partial charge is 0.497 e. The number of hydrogen-bond acceptors (Lipinski definition) is 7. The molecule has 3 rings (SSSR count). The van der Waals surface area contributed by atoms with E-state index in [4.69, 9.17) is 9.47 Å². The van der Waals surface area contributed by atoms with Crippen molar-refractivity contribution in [3.63, 3.8) is 0 Å². The number of amides is 1. The minimum absolute atomic E-state index is 0.0111. The number of methoxy groups -OCH3 is 1. The lowest BCUT2D eigenvalue weighted by molar-refractivity contribution is -0.153. The molecule has 8 nitrogen and oxygen atoms in total. The number of carbonyl (C=O) groups is 1. The van der Waals surface area contributed by atoms with Crippen molar-refractivity contribution >= 4 is 42.6 Å². The Morgan fingerprint density at radius 2 is 1.81 bits per heavy atom. The molecule has 1 amide bonds. The molecule has 3 aromatic rings. The van der Waals surface area contributed by atoms with Gasteiger partial charge in [0.15, 0.2) is 11.7 Å². The number of alkyl halides is 3. The molecule has 13 heteroatoms. The summed E-state index contributed by atoms with van der Waals surface area (Å²) in [6.45, 7) is -0.0560. The van der Waals surface area contributed by atoms with Crippen molar-refractivity contribution in [2.24, 2.45) is 0 Å². The number of aromatic nitrogens is 1. The van der Waals surface area contributed by atoms with Gasteiger partial charge in [0.05, 0.1) is 28.3 Å². The second-order valence-electron chi connectivity index (χ2n) is 6.56. The zero-order valence-corrected chi connectivity index (χ0v) is 18.4. The quantitative estimate of drug-likeness (QED) is 0.501. The smallest absolute Gasteiger partial charge is 0.422 e. The van der Waals surface area contributed by atoms with Crippen LogP contribution in [0.4, 0.5) is 18.3 Å². The third kappa shape index (κ3) is 6.08. The number of nitrogens with zero attached hydrogens (tertiary/aromatic N) is 1. The minimum atomic E-state index is -4.46. The van der Waals surface area contributed by atoms with E-state index in [1.54, 1.807) is 0 Å². The summed E-state index contributed by atoms with van der Waals surface area (Å²) in [6, 6.07) is 8.70. The van der Waals surface area contributed by atoms with E-state index in [1.165, 1.54) is 56.5 Å². The third-order valence-corrected chi connectivity index (χ3v) is 6.58. The van der Waals surface area contributed by atoms with Gasteiger partial charge in [-0.3, -0.25) is 4.79 Å². The molecular formula is C19H18F3N3O5S2. The maximum absolute atomic E-state index is 12.5. The van der Waals surface area contributed by atoms with Gasteiger partial charge in [-0.05, 0) is 49.4 Å². The van der Waals surface area contributed by atoms with E-state index in [1.807, 2.05) is 0 Å². The van der Waals surface area contributed by atoms with Gasteiger partial charge in [0.25, 0.3) is 0 Å². The maximum atomic E-state index is 12.5. The molecule has 0 unspecified atom stereocenters. The Hall–Kier alpha value is -2.90. The van der Waals surface area contributed by atoms with Gasteiger partial charge in [0.2, 0.25) is 15.9 Å². The number of fused-ring (bicyclic) bond motifs is 1. The first-order chi connectivity index (χ1) is 15.0. The molecule has 0 radical (unpaired) electrons. The van der Waals surface area contributed by atoms with Gasteiger partial charge >= 0.3 is 6.18 Å². The molecule has 0 fully saturated rings. The summed E-state index contributed by atoms with van der Waals surface area (Å²) >= 11 is 1.01. The molecule has 0 saturated heterocycles. The van der Waals surface area contributed by atoms with Crippen molar-refractivity contribution in [2.45, 2.75) is 24.0 Å². The van der Waals surface area contributed by atoms with Crippen molar-refractivity contribution in [3.05, 3.63) is 42.5 Å². The number of sulfonamides is 1. The fourth-order valence-electron chi connectivity index (χ4n) is 2.54. The van der Waals surface area contributed by atoms with E-state index < -0.39 is 34.8 Å². The Morgan fingerprint density at radius 1 is 1.16 bits per heavy atom. The highest BCUT2D eigenvalue weighted by Crippen LogP contribution is 2.30. The van der Waals surface area contributed by atoms with Gasteiger partial charge in [-0.25, -0.2) is 13.4 Å². The number of hydrogen-bond donors (Lipinski definition) is 2. The Kier molecular flexibility index (Phi) is 6.91. The van der Waals surface area contributed by atoms with Crippen LogP contribution in [-0.4, -0.2) is 45.2 Å². The molecule has 0 bridgehead atoms. The monoisotopic (exact) mass is 489 g/mol. The molecule has 2 N–H and O–H groups in total. The number of carbonyl (C=O) groups excluding carboxylic acids is 1. The van der Waals surface area contributed by atoms with E-state index in [0.29, 0.717) is 16.0 Å². The van der Waals surface area contributed by atoms with Crippen molar-refractivity contribution < 1.29 is 35.9 Å². The van der Waals surface area contributed by atoms with Crippen LogP contribution in [0.2, 0.25) is 0 Å². The predicted molar refractivity (Wildman–Crippen MR) is 113 cm³/mol. The Balaban J connectivity index is 1.66. The summed E-state index contributed by atoms with van der Waals surface area (Å²) in [5, 5.41) is 2.66. The summed E-state index contributed by atoms with van der Waals surface area (Å²) in [6.07, 6.45) is -4.46. The SMILES string of the molecule is COc1ccc(S(=O)(=O)N[C@@H](C)C(=O)Nc2nc3ccc(OCC(F)(F)F)cc3s2)cc1. The third-order valence-electron chi connectivity index (χ3n) is 4.09. The highest BCUT2D eigenvalue weighted by atomic mass is 32.2. The Bertz CT molecular complexity index is 1210. The highest BCUT2D eigenvalue weighted by Gasteiger charge is 2.28. The lowest BCUT2D eigenvalue weighted by Crippen LogP contribution is -2.41. The van der Waals surface area contributed by atoms with Gasteiger partial charge in [-0.15, -0.1) is 0 Å². The van der Waals surface area contributed by atoms with Gasteiger partial charge in [0, 0.05) is 0 Å². The maximum Gasteiger partial charge on any atom is 0.422 e. The normalized spacial score (nSPS) is 13.0. The van der Waals surface area contributed by atoms with Crippen LogP contribution >= 0.6 is 11.3 Å². The number of ether oxygens (including phenoxy) is 2. The van der Waals surface area contributed by atoms with E-state index in [-0.39, 0.29) is 15.8 Å². The zero-order valence-electron chi connectivity index (χ0n) is 16.8. The van der Waals surface area contributed by atoms with Crippen LogP contribution in [0, 0.1) is 0 Å². The molecule has 0 aliphatic rings. The summed E-state index contributed by atoms with van der Waals surface area (Å²) in [4.78, 5) is 16.6. The molecule has 0 aliphatic carbocycles. The Morgan fingerprint density at radius 3 is 2.44 bits per heavy atom. The van der Waals surface area contributed by atoms with Crippen LogP contribution in [0.1, 0.15) is 6.92 Å². The van der Waals surface area contributed by atoms with Crippen LogP contribution in [0.15, 0.2) is 47.4 Å². The number of benzene rings is 2. The van der Waals surface area contributed by atoms with Crippen LogP contribution in [0.3, 0.4) is 0 Å². The van der Waals surface area contributed by atoms with Crippen molar-refractivity contribution in [2.75, 3.05) is 19.0 Å². The fraction of sp³-hybridized carbons (Fsp3) is 0.263. The highest BCUT2D eigenvalue weighted by molar-refractivity contribution is 7.89. The van der Waals surface area contributed by atoms with Crippen LogP contribution in [0.5, 0.6) is 11.5 Å². The van der Waals surface area contributed by atoms with Crippen LogP contribution in [0.25, 0.3) is 10.2 Å². The number of rotatable bonds is 8. The zero-order chi connectivity index (χ0) is 23.5. The van der Waals surface area contributed by atoms with Crippen molar-refractivity contribution in [1.29, 1.82) is 0 Å². The molecule has 0 spiro atoms. The second kappa shape index (κ2) is 9.30.